The Labute approximate surface area is 177 Å². The van der Waals surface area contributed by atoms with E-state index in [1.807, 2.05) is 0 Å². The predicted octanol–water partition coefficient (Wildman–Crippen LogP) is 6.91. The second-order valence-corrected chi connectivity index (χ2v) is 8.47. The fraction of sp³-hybridized carbons (Fsp3) is 0.720. The molecule has 1 aromatic carbocycles. The van der Waals surface area contributed by atoms with Crippen molar-refractivity contribution in [1.29, 1.82) is 0 Å². The Morgan fingerprint density at radius 1 is 0.862 bits per heavy atom. The van der Waals surface area contributed by atoms with Crippen LogP contribution in [0.25, 0.3) is 0 Å². The van der Waals surface area contributed by atoms with Gasteiger partial charge in [-0.25, -0.2) is 0 Å². The molecule has 0 heterocycles. The number of esters is 1. The van der Waals surface area contributed by atoms with E-state index in [1.54, 1.807) is 6.07 Å². The molecule has 0 aliphatic rings. The van der Waals surface area contributed by atoms with Crippen LogP contribution < -0.4 is 0 Å². The van der Waals surface area contributed by atoms with E-state index in [4.69, 9.17) is 4.74 Å². The Hall–Kier alpha value is -1.71. The number of phenolic OH excluding ortho intramolecular Hbond substituents is 2. The Morgan fingerprint density at radius 3 is 1.97 bits per heavy atom. The summed E-state index contributed by atoms with van der Waals surface area (Å²) < 4.78 is 5.35. The molecule has 0 radical (unpaired) electrons. The molecule has 29 heavy (non-hydrogen) atoms. The lowest BCUT2D eigenvalue weighted by molar-refractivity contribution is -0.144. The van der Waals surface area contributed by atoms with E-state index in [9.17, 15) is 15.0 Å². The number of hydrogen-bond donors (Lipinski definition) is 2. The molecule has 1 unspecified atom stereocenters. The Kier molecular flexibility index (Phi) is 14.1. The van der Waals surface area contributed by atoms with Crippen LogP contribution in [-0.4, -0.2) is 22.8 Å². The van der Waals surface area contributed by atoms with Gasteiger partial charge in [0.2, 0.25) is 0 Å². The minimum atomic E-state index is -0.295. The van der Waals surface area contributed by atoms with Crippen molar-refractivity contribution < 1.29 is 19.7 Å². The molecule has 1 atom stereocenters. The van der Waals surface area contributed by atoms with Gasteiger partial charge in [-0.05, 0) is 30.0 Å². The molecule has 4 nitrogen and oxygen atoms in total. The number of aromatic hydroxyl groups is 2. The van der Waals surface area contributed by atoms with Crippen molar-refractivity contribution >= 4 is 5.97 Å². The summed E-state index contributed by atoms with van der Waals surface area (Å²) in [6.07, 6.45) is 17.4. The van der Waals surface area contributed by atoms with Gasteiger partial charge in [-0.2, -0.15) is 0 Å². The zero-order valence-electron chi connectivity index (χ0n) is 18.6. The van der Waals surface area contributed by atoms with Gasteiger partial charge in [-0.15, -0.1) is 0 Å². The summed E-state index contributed by atoms with van der Waals surface area (Å²) in [5.41, 5.74) is 0.638. The lowest BCUT2D eigenvalue weighted by Gasteiger charge is -2.12. The molecule has 0 aliphatic carbocycles. The summed E-state index contributed by atoms with van der Waals surface area (Å²) in [6, 6.07) is 4.40. The summed E-state index contributed by atoms with van der Waals surface area (Å²) >= 11 is 0. The highest BCUT2D eigenvalue weighted by molar-refractivity contribution is 5.72. The van der Waals surface area contributed by atoms with Crippen LogP contribution in [0.5, 0.6) is 11.5 Å². The smallest absolute Gasteiger partial charge is 0.310 e. The summed E-state index contributed by atoms with van der Waals surface area (Å²) in [4.78, 5) is 11.9. The Bertz CT molecular complexity index is 556. The normalized spacial score (nSPS) is 12.1. The molecule has 0 bridgehead atoms. The highest BCUT2D eigenvalue weighted by Gasteiger charge is 2.10. The van der Waals surface area contributed by atoms with E-state index in [0.717, 1.165) is 6.42 Å². The van der Waals surface area contributed by atoms with Crippen LogP contribution in [0.2, 0.25) is 0 Å². The second-order valence-electron chi connectivity index (χ2n) is 8.47. The van der Waals surface area contributed by atoms with Gasteiger partial charge in [-0.3, -0.25) is 4.79 Å². The molecule has 1 rings (SSSR count). The van der Waals surface area contributed by atoms with Crippen molar-refractivity contribution in [3.63, 3.8) is 0 Å². The summed E-state index contributed by atoms with van der Waals surface area (Å²) in [5.74, 6) is -0.319. The summed E-state index contributed by atoms with van der Waals surface area (Å²) in [7, 11) is 0. The van der Waals surface area contributed by atoms with Crippen molar-refractivity contribution in [3.05, 3.63) is 23.8 Å². The second kappa shape index (κ2) is 16.1. The molecule has 166 valence electrons. The van der Waals surface area contributed by atoms with Crippen LogP contribution in [0, 0.1) is 5.92 Å². The van der Waals surface area contributed by atoms with Crippen LogP contribution >= 0.6 is 0 Å². The topological polar surface area (TPSA) is 66.8 Å². The van der Waals surface area contributed by atoms with E-state index in [0.29, 0.717) is 18.1 Å². The highest BCUT2D eigenvalue weighted by Crippen LogP contribution is 2.25. The van der Waals surface area contributed by atoms with Gasteiger partial charge >= 0.3 is 5.97 Å². The molecule has 4 heteroatoms. The van der Waals surface area contributed by atoms with E-state index in [1.165, 1.54) is 89.2 Å². The van der Waals surface area contributed by atoms with Crippen LogP contribution in [-0.2, 0) is 16.0 Å². The lowest BCUT2D eigenvalue weighted by Crippen LogP contribution is -2.14. The van der Waals surface area contributed by atoms with Crippen molar-refractivity contribution in [2.45, 2.75) is 104 Å². The molecule has 0 aliphatic heterocycles. The third kappa shape index (κ3) is 13.2. The summed E-state index contributed by atoms with van der Waals surface area (Å²) in [6.45, 7) is 4.83. The van der Waals surface area contributed by atoms with Gasteiger partial charge in [0.05, 0.1) is 13.0 Å². The number of phenols is 2. The van der Waals surface area contributed by atoms with Crippen molar-refractivity contribution in [1.82, 2.24) is 0 Å². The maximum Gasteiger partial charge on any atom is 0.310 e. The van der Waals surface area contributed by atoms with Gasteiger partial charge in [0.25, 0.3) is 0 Å². The maximum atomic E-state index is 11.9. The molecule has 2 N–H and O–H groups in total. The SMILES string of the molecule is CCCCCCCCCCCCCCC(C)COC(=O)Cc1ccc(O)c(O)c1. The fourth-order valence-corrected chi connectivity index (χ4v) is 3.55. The zero-order chi connectivity index (χ0) is 21.3. The minimum absolute atomic E-state index is 0.110. The van der Waals surface area contributed by atoms with Crippen molar-refractivity contribution in [2.24, 2.45) is 5.92 Å². The zero-order valence-corrected chi connectivity index (χ0v) is 18.6. The van der Waals surface area contributed by atoms with Crippen molar-refractivity contribution in [2.75, 3.05) is 6.61 Å². The van der Waals surface area contributed by atoms with E-state index in [-0.39, 0.29) is 23.9 Å². The van der Waals surface area contributed by atoms with E-state index < -0.39 is 0 Å². The summed E-state index contributed by atoms with van der Waals surface area (Å²) in [5, 5.41) is 18.8. The molecule has 0 spiro atoms. The number of unbranched alkanes of at least 4 members (excludes halogenated alkanes) is 11. The quantitative estimate of drug-likeness (QED) is 0.167. The number of rotatable bonds is 17. The molecule has 0 fully saturated rings. The third-order valence-electron chi connectivity index (χ3n) is 5.47. The van der Waals surface area contributed by atoms with E-state index in [2.05, 4.69) is 13.8 Å². The van der Waals surface area contributed by atoms with Crippen LogP contribution in [0.4, 0.5) is 0 Å². The van der Waals surface area contributed by atoms with Crippen LogP contribution in [0.15, 0.2) is 18.2 Å². The van der Waals surface area contributed by atoms with Crippen molar-refractivity contribution in [3.8, 4) is 11.5 Å². The number of benzene rings is 1. The number of carbonyl (C=O) groups is 1. The standard InChI is InChI=1S/C25H42O4/c1-3-4-5-6-7-8-9-10-11-12-13-14-15-21(2)20-29-25(28)19-22-16-17-23(26)24(27)18-22/h16-18,21,26-27H,3-15,19-20H2,1-2H3. The molecule has 0 amide bonds. The first kappa shape index (κ1) is 25.3. The van der Waals surface area contributed by atoms with Gasteiger partial charge in [-0.1, -0.05) is 97.0 Å². The number of hydrogen-bond acceptors (Lipinski definition) is 4. The molecular formula is C25H42O4. The number of carbonyl (C=O) groups excluding carboxylic acids is 1. The molecule has 1 aromatic rings. The monoisotopic (exact) mass is 406 g/mol. The maximum absolute atomic E-state index is 11.9. The minimum Gasteiger partial charge on any atom is -0.504 e. The fourth-order valence-electron chi connectivity index (χ4n) is 3.55. The lowest BCUT2D eigenvalue weighted by atomic mass is 10.0. The Balaban J connectivity index is 1.95. The van der Waals surface area contributed by atoms with Crippen LogP contribution in [0.1, 0.15) is 103 Å². The molecule has 0 saturated carbocycles. The van der Waals surface area contributed by atoms with Gasteiger partial charge in [0, 0.05) is 0 Å². The van der Waals surface area contributed by atoms with Gasteiger partial charge < -0.3 is 14.9 Å². The number of ether oxygens (including phenoxy) is 1. The predicted molar refractivity (Wildman–Crippen MR) is 119 cm³/mol. The van der Waals surface area contributed by atoms with E-state index >= 15 is 0 Å². The average Bonchev–Trinajstić information content (AvgIpc) is 2.70. The van der Waals surface area contributed by atoms with Gasteiger partial charge in [0.15, 0.2) is 11.5 Å². The van der Waals surface area contributed by atoms with Gasteiger partial charge in [0.1, 0.15) is 0 Å². The molecular weight excluding hydrogens is 364 g/mol. The third-order valence-corrected chi connectivity index (χ3v) is 5.47. The highest BCUT2D eigenvalue weighted by atomic mass is 16.5. The largest absolute Gasteiger partial charge is 0.504 e. The molecule has 0 aromatic heterocycles. The first-order chi connectivity index (χ1) is 14.0. The van der Waals surface area contributed by atoms with Crippen LogP contribution in [0.3, 0.4) is 0 Å². The first-order valence-electron chi connectivity index (χ1n) is 11.7. The first-order valence-corrected chi connectivity index (χ1v) is 11.7. The average molecular weight is 407 g/mol. The Morgan fingerprint density at radius 2 is 1.41 bits per heavy atom. The molecule has 0 saturated heterocycles.